The summed E-state index contributed by atoms with van der Waals surface area (Å²) < 4.78 is 27.2. The van der Waals surface area contributed by atoms with Crippen molar-refractivity contribution in [2.45, 2.75) is 31.6 Å². The number of halogens is 1. The average molecular weight is 368 g/mol. The third kappa shape index (κ3) is 4.85. The second kappa shape index (κ2) is 8.35. The molecule has 2 aromatic rings. The standard InChI is InChI=1S/C17H22ClN3O2S/c1-3-11-21(12-4-2)17-10-7-15(13-19-17)20-24(22,23)16-8-5-14(18)6-9-16/h5-10,13,20H,3-4,11-12H2,1-2H3. The van der Waals surface area contributed by atoms with Crippen LogP contribution in [0, 0.1) is 0 Å². The number of hydrogen-bond donors (Lipinski definition) is 1. The average Bonchev–Trinajstić information content (AvgIpc) is 2.55. The highest BCUT2D eigenvalue weighted by atomic mass is 35.5. The van der Waals surface area contributed by atoms with Crippen molar-refractivity contribution in [3.05, 3.63) is 47.6 Å². The van der Waals surface area contributed by atoms with Crippen molar-refractivity contribution in [1.29, 1.82) is 0 Å². The Bertz CT molecular complexity index is 740. The molecule has 1 heterocycles. The first-order chi connectivity index (χ1) is 11.5. The Labute approximate surface area is 148 Å². The monoisotopic (exact) mass is 367 g/mol. The molecule has 0 fully saturated rings. The maximum atomic E-state index is 12.3. The van der Waals surface area contributed by atoms with Crippen molar-refractivity contribution in [2.75, 3.05) is 22.7 Å². The predicted molar refractivity (Wildman–Crippen MR) is 99.3 cm³/mol. The summed E-state index contributed by atoms with van der Waals surface area (Å²) in [5.74, 6) is 0.855. The van der Waals surface area contributed by atoms with Crippen molar-refractivity contribution in [1.82, 2.24) is 4.98 Å². The highest BCUT2D eigenvalue weighted by Crippen LogP contribution is 2.20. The van der Waals surface area contributed by atoms with E-state index in [0.29, 0.717) is 10.7 Å². The highest BCUT2D eigenvalue weighted by molar-refractivity contribution is 7.92. The number of anilines is 2. The lowest BCUT2D eigenvalue weighted by atomic mass is 10.3. The second-order valence-corrected chi connectivity index (χ2v) is 7.57. The molecule has 1 aromatic heterocycles. The lowest BCUT2D eigenvalue weighted by molar-refractivity contribution is 0.601. The van der Waals surface area contributed by atoms with Crippen molar-refractivity contribution in [2.24, 2.45) is 0 Å². The van der Waals surface area contributed by atoms with Crippen LogP contribution in [0.4, 0.5) is 11.5 Å². The van der Waals surface area contributed by atoms with Gasteiger partial charge in [0.05, 0.1) is 16.8 Å². The number of sulfonamides is 1. The minimum atomic E-state index is -3.65. The van der Waals surface area contributed by atoms with Gasteiger partial charge in [-0.15, -0.1) is 0 Å². The van der Waals surface area contributed by atoms with Gasteiger partial charge in [-0.3, -0.25) is 4.72 Å². The van der Waals surface area contributed by atoms with Crippen LogP contribution >= 0.6 is 11.6 Å². The molecule has 5 nitrogen and oxygen atoms in total. The molecule has 24 heavy (non-hydrogen) atoms. The fourth-order valence-corrected chi connectivity index (χ4v) is 3.51. The van der Waals surface area contributed by atoms with Gasteiger partial charge in [-0.25, -0.2) is 13.4 Å². The van der Waals surface area contributed by atoms with Crippen LogP contribution in [0.2, 0.25) is 5.02 Å². The zero-order valence-corrected chi connectivity index (χ0v) is 15.4. The van der Waals surface area contributed by atoms with Gasteiger partial charge in [0.25, 0.3) is 10.0 Å². The summed E-state index contributed by atoms with van der Waals surface area (Å²) in [5.41, 5.74) is 0.432. The number of nitrogens with one attached hydrogen (secondary N) is 1. The minimum absolute atomic E-state index is 0.162. The first kappa shape index (κ1) is 18.5. The smallest absolute Gasteiger partial charge is 0.261 e. The molecule has 7 heteroatoms. The number of pyridine rings is 1. The van der Waals surface area contributed by atoms with Crippen molar-refractivity contribution in [3.63, 3.8) is 0 Å². The van der Waals surface area contributed by atoms with E-state index in [1.807, 2.05) is 6.07 Å². The maximum absolute atomic E-state index is 12.3. The summed E-state index contributed by atoms with van der Waals surface area (Å²) in [6, 6.07) is 9.60. The van der Waals surface area contributed by atoms with Crippen LogP contribution in [0.1, 0.15) is 26.7 Å². The molecule has 0 aliphatic rings. The molecule has 2 rings (SSSR count). The Morgan fingerprint density at radius 3 is 2.17 bits per heavy atom. The molecule has 0 unspecified atom stereocenters. The van der Waals surface area contributed by atoms with Crippen LogP contribution in [0.3, 0.4) is 0 Å². The van der Waals surface area contributed by atoms with E-state index < -0.39 is 10.0 Å². The Morgan fingerprint density at radius 2 is 1.67 bits per heavy atom. The molecule has 0 aliphatic heterocycles. The summed E-state index contributed by atoms with van der Waals surface area (Å²) in [5, 5.41) is 0.493. The molecule has 0 radical (unpaired) electrons. The first-order valence-electron chi connectivity index (χ1n) is 7.95. The third-order valence-corrected chi connectivity index (χ3v) is 5.08. The molecule has 0 atom stereocenters. The zero-order valence-electron chi connectivity index (χ0n) is 13.9. The van der Waals surface area contributed by atoms with Crippen molar-refractivity contribution in [3.8, 4) is 0 Å². The normalized spacial score (nSPS) is 11.3. The third-order valence-electron chi connectivity index (χ3n) is 3.44. The van der Waals surface area contributed by atoms with Gasteiger partial charge in [0.2, 0.25) is 0 Å². The summed E-state index contributed by atoms with van der Waals surface area (Å²) in [4.78, 5) is 6.74. The van der Waals surface area contributed by atoms with Gasteiger partial charge in [-0.1, -0.05) is 25.4 Å². The number of aromatic nitrogens is 1. The van der Waals surface area contributed by atoms with Crippen molar-refractivity contribution >= 4 is 33.1 Å². The molecule has 1 N–H and O–H groups in total. The summed E-state index contributed by atoms with van der Waals surface area (Å²) in [6.07, 6.45) is 3.61. The Kier molecular flexibility index (Phi) is 6.45. The summed E-state index contributed by atoms with van der Waals surface area (Å²) in [6.45, 7) is 6.10. The fraction of sp³-hybridized carbons (Fsp3) is 0.353. The Hall–Kier alpha value is -1.79. The largest absolute Gasteiger partial charge is 0.357 e. The highest BCUT2D eigenvalue weighted by Gasteiger charge is 2.14. The zero-order chi connectivity index (χ0) is 17.6. The minimum Gasteiger partial charge on any atom is -0.357 e. The van der Waals surface area contributed by atoms with E-state index in [1.165, 1.54) is 12.1 Å². The number of rotatable bonds is 8. The molecule has 130 valence electrons. The Balaban J connectivity index is 2.14. The van der Waals surface area contributed by atoms with E-state index in [0.717, 1.165) is 31.7 Å². The summed E-state index contributed by atoms with van der Waals surface area (Å²) >= 11 is 5.79. The number of benzene rings is 1. The Morgan fingerprint density at radius 1 is 1.04 bits per heavy atom. The quantitative estimate of drug-likeness (QED) is 0.760. The van der Waals surface area contributed by atoms with Gasteiger partial charge in [0.15, 0.2) is 0 Å². The van der Waals surface area contributed by atoms with E-state index in [-0.39, 0.29) is 4.90 Å². The number of nitrogens with zero attached hydrogens (tertiary/aromatic N) is 2. The molecular weight excluding hydrogens is 346 g/mol. The van der Waals surface area contributed by atoms with E-state index in [2.05, 4.69) is 28.5 Å². The van der Waals surface area contributed by atoms with Crippen LogP contribution in [0.25, 0.3) is 0 Å². The van der Waals surface area contributed by atoms with E-state index >= 15 is 0 Å². The molecule has 1 aromatic carbocycles. The lowest BCUT2D eigenvalue weighted by Crippen LogP contribution is -2.25. The summed E-state index contributed by atoms with van der Waals surface area (Å²) in [7, 11) is -3.65. The van der Waals surface area contributed by atoms with E-state index in [9.17, 15) is 8.42 Å². The van der Waals surface area contributed by atoms with Crippen LogP contribution in [-0.2, 0) is 10.0 Å². The van der Waals surface area contributed by atoms with Gasteiger partial charge in [0, 0.05) is 18.1 Å². The lowest BCUT2D eigenvalue weighted by Gasteiger charge is -2.22. The van der Waals surface area contributed by atoms with Gasteiger partial charge in [0.1, 0.15) is 5.82 Å². The van der Waals surface area contributed by atoms with Gasteiger partial charge < -0.3 is 4.90 Å². The molecule has 0 saturated carbocycles. The predicted octanol–water partition coefficient (Wildman–Crippen LogP) is 4.16. The van der Waals surface area contributed by atoms with Crippen molar-refractivity contribution < 1.29 is 8.42 Å². The molecule has 0 aliphatic carbocycles. The van der Waals surface area contributed by atoms with Gasteiger partial charge >= 0.3 is 0 Å². The molecule has 0 bridgehead atoms. The fourth-order valence-electron chi connectivity index (χ4n) is 2.34. The first-order valence-corrected chi connectivity index (χ1v) is 9.81. The van der Waals surface area contributed by atoms with Crippen LogP contribution in [-0.4, -0.2) is 26.5 Å². The van der Waals surface area contributed by atoms with Gasteiger partial charge in [-0.2, -0.15) is 0 Å². The molecule has 0 spiro atoms. The topological polar surface area (TPSA) is 62.3 Å². The molecule has 0 saturated heterocycles. The van der Waals surface area contributed by atoms with Gasteiger partial charge in [-0.05, 0) is 49.2 Å². The van der Waals surface area contributed by atoms with E-state index in [1.54, 1.807) is 24.4 Å². The molecular formula is C17H22ClN3O2S. The molecule has 0 amide bonds. The SMILES string of the molecule is CCCN(CCC)c1ccc(NS(=O)(=O)c2ccc(Cl)cc2)cn1. The maximum Gasteiger partial charge on any atom is 0.261 e. The van der Waals surface area contributed by atoms with E-state index in [4.69, 9.17) is 11.6 Å². The van der Waals surface area contributed by atoms with Crippen LogP contribution < -0.4 is 9.62 Å². The van der Waals surface area contributed by atoms with Crippen LogP contribution in [0.15, 0.2) is 47.5 Å². The number of hydrogen-bond acceptors (Lipinski definition) is 4. The van der Waals surface area contributed by atoms with Crippen LogP contribution in [0.5, 0.6) is 0 Å². The second-order valence-electron chi connectivity index (χ2n) is 5.45.